The molecule has 0 unspecified atom stereocenters. The number of imidazole rings is 1. The molecule has 0 aliphatic rings. The standard InChI is InChI=1S/C22H20N4O3S/c1-2-23-30(28,29)18-10-6-8-16(14-18)22(27)24-17-9-5-7-15(13-17)21-25-19-11-3-4-12-20(19)26-21/h3-14,23H,2H2,1H3,(H,24,27)(H,25,26). The van der Waals surface area contributed by atoms with Crippen LogP contribution in [0.1, 0.15) is 17.3 Å². The minimum Gasteiger partial charge on any atom is -0.338 e. The minimum absolute atomic E-state index is 0.0491. The number of sulfonamides is 1. The molecular weight excluding hydrogens is 400 g/mol. The van der Waals surface area contributed by atoms with Gasteiger partial charge in [-0.2, -0.15) is 0 Å². The highest BCUT2D eigenvalue weighted by Gasteiger charge is 2.15. The van der Waals surface area contributed by atoms with Crippen molar-refractivity contribution in [3.05, 3.63) is 78.4 Å². The van der Waals surface area contributed by atoms with Crippen molar-refractivity contribution >= 4 is 32.7 Å². The molecule has 4 aromatic rings. The Morgan fingerprint density at radius 2 is 1.80 bits per heavy atom. The van der Waals surface area contributed by atoms with E-state index in [0.717, 1.165) is 16.6 Å². The van der Waals surface area contributed by atoms with Gasteiger partial charge in [0.25, 0.3) is 5.91 Å². The molecule has 0 fully saturated rings. The summed E-state index contributed by atoms with van der Waals surface area (Å²) in [7, 11) is -3.64. The predicted octanol–water partition coefficient (Wildman–Crippen LogP) is 3.78. The summed E-state index contributed by atoms with van der Waals surface area (Å²) >= 11 is 0. The summed E-state index contributed by atoms with van der Waals surface area (Å²) in [6.45, 7) is 1.97. The average Bonchev–Trinajstić information content (AvgIpc) is 3.18. The first-order valence-corrected chi connectivity index (χ1v) is 10.9. The van der Waals surface area contributed by atoms with Crippen LogP contribution in [0.25, 0.3) is 22.4 Å². The number of benzene rings is 3. The van der Waals surface area contributed by atoms with E-state index in [9.17, 15) is 13.2 Å². The lowest BCUT2D eigenvalue weighted by atomic mass is 10.1. The molecule has 0 aliphatic heterocycles. The largest absolute Gasteiger partial charge is 0.338 e. The lowest BCUT2D eigenvalue weighted by molar-refractivity contribution is 0.102. The molecule has 30 heavy (non-hydrogen) atoms. The van der Waals surface area contributed by atoms with Gasteiger partial charge in [-0.15, -0.1) is 0 Å². The van der Waals surface area contributed by atoms with E-state index >= 15 is 0 Å². The number of hydrogen-bond donors (Lipinski definition) is 3. The van der Waals surface area contributed by atoms with Crippen LogP contribution in [0.4, 0.5) is 5.69 Å². The van der Waals surface area contributed by atoms with E-state index < -0.39 is 15.9 Å². The quantitative estimate of drug-likeness (QED) is 0.441. The van der Waals surface area contributed by atoms with E-state index in [1.165, 1.54) is 12.1 Å². The molecule has 0 bridgehead atoms. The number of H-pyrrole nitrogens is 1. The molecule has 4 rings (SSSR count). The maximum atomic E-state index is 12.7. The molecular formula is C22H20N4O3S. The van der Waals surface area contributed by atoms with Crippen LogP contribution in [0.2, 0.25) is 0 Å². The molecule has 152 valence electrons. The normalized spacial score (nSPS) is 11.5. The average molecular weight is 420 g/mol. The van der Waals surface area contributed by atoms with Crippen molar-refractivity contribution in [2.75, 3.05) is 11.9 Å². The maximum absolute atomic E-state index is 12.7. The molecule has 0 spiro atoms. The molecule has 1 heterocycles. The second-order valence-electron chi connectivity index (χ2n) is 6.67. The lowest BCUT2D eigenvalue weighted by Crippen LogP contribution is -2.23. The fourth-order valence-corrected chi connectivity index (χ4v) is 4.20. The van der Waals surface area contributed by atoms with E-state index in [1.54, 1.807) is 25.1 Å². The van der Waals surface area contributed by atoms with Gasteiger partial charge in [-0.3, -0.25) is 4.79 Å². The molecule has 0 saturated carbocycles. The number of anilines is 1. The Balaban J connectivity index is 1.58. The van der Waals surface area contributed by atoms with Crippen molar-refractivity contribution in [1.29, 1.82) is 0 Å². The predicted molar refractivity (Wildman–Crippen MR) is 117 cm³/mol. The van der Waals surface area contributed by atoms with Crippen molar-refractivity contribution in [3.63, 3.8) is 0 Å². The summed E-state index contributed by atoms with van der Waals surface area (Å²) in [5, 5.41) is 2.82. The Morgan fingerprint density at radius 3 is 2.60 bits per heavy atom. The molecule has 3 aromatic carbocycles. The van der Waals surface area contributed by atoms with Crippen molar-refractivity contribution in [2.45, 2.75) is 11.8 Å². The Kier molecular flexibility index (Phi) is 5.35. The molecule has 7 nitrogen and oxygen atoms in total. The van der Waals surface area contributed by atoms with Crippen LogP contribution >= 0.6 is 0 Å². The van der Waals surface area contributed by atoms with E-state index in [1.807, 2.05) is 42.5 Å². The molecule has 0 saturated heterocycles. The van der Waals surface area contributed by atoms with Gasteiger partial charge >= 0.3 is 0 Å². The SMILES string of the molecule is CCNS(=O)(=O)c1cccc(C(=O)Nc2cccc(-c3nc4ccccc4[nH]3)c2)c1. The highest BCUT2D eigenvalue weighted by atomic mass is 32.2. The Morgan fingerprint density at radius 1 is 1.00 bits per heavy atom. The second kappa shape index (κ2) is 8.10. The van der Waals surface area contributed by atoms with Gasteiger partial charge in [0.15, 0.2) is 0 Å². The van der Waals surface area contributed by atoms with Gasteiger partial charge in [-0.05, 0) is 42.5 Å². The van der Waals surface area contributed by atoms with Crippen LogP contribution in [0.15, 0.2) is 77.7 Å². The number of rotatable bonds is 6. The lowest BCUT2D eigenvalue weighted by Gasteiger charge is -2.09. The molecule has 8 heteroatoms. The van der Waals surface area contributed by atoms with Crippen molar-refractivity contribution in [2.24, 2.45) is 0 Å². The van der Waals surface area contributed by atoms with Crippen molar-refractivity contribution in [3.8, 4) is 11.4 Å². The Hall–Kier alpha value is -3.49. The minimum atomic E-state index is -3.64. The Bertz CT molecular complexity index is 1300. The topological polar surface area (TPSA) is 104 Å². The van der Waals surface area contributed by atoms with Crippen LogP contribution < -0.4 is 10.0 Å². The zero-order valence-corrected chi connectivity index (χ0v) is 17.0. The van der Waals surface area contributed by atoms with Crippen LogP contribution in [0.3, 0.4) is 0 Å². The first-order chi connectivity index (χ1) is 14.5. The molecule has 0 aliphatic carbocycles. The number of nitrogens with one attached hydrogen (secondary N) is 3. The van der Waals surface area contributed by atoms with Crippen molar-refractivity contribution < 1.29 is 13.2 Å². The van der Waals surface area contributed by atoms with Gasteiger partial charge in [0.2, 0.25) is 10.0 Å². The number of carbonyl (C=O) groups excluding carboxylic acids is 1. The summed E-state index contributed by atoms with van der Waals surface area (Å²) in [5.74, 6) is 0.302. The third kappa shape index (κ3) is 4.10. The third-order valence-corrected chi connectivity index (χ3v) is 6.07. The van der Waals surface area contributed by atoms with Gasteiger partial charge in [-0.1, -0.05) is 37.3 Å². The molecule has 3 N–H and O–H groups in total. The van der Waals surface area contributed by atoms with E-state index in [4.69, 9.17) is 0 Å². The summed E-state index contributed by atoms with van der Waals surface area (Å²) in [5.41, 5.74) is 3.45. The monoisotopic (exact) mass is 420 g/mol. The van der Waals surface area contributed by atoms with Gasteiger partial charge < -0.3 is 10.3 Å². The zero-order chi connectivity index (χ0) is 21.1. The summed E-state index contributed by atoms with van der Waals surface area (Å²) in [6, 6.07) is 21.0. The van der Waals surface area contributed by atoms with E-state index in [0.29, 0.717) is 11.5 Å². The fraction of sp³-hybridized carbons (Fsp3) is 0.0909. The first-order valence-electron chi connectivity index (χ1n) is 9.42. The number of fused-ring (bicyclic) bond motifs is 1. The van der Waals surface area contributed by atoms with Crippen LogP contribution in [-0.2, 0) is 10.0 Å². The molecule has 0 atom stereocenters. The maximum Gasteiger partial charge on any atom is 0.255 e. The Labute approximate surface area is 174 Å². The summed E-state index contributed by atoms with van der Waals surface area (Å²) in [4.78, 5) is 20.6. The second-order valence-corrected chi connectivity index (χ2v) is 8.43. The van der Waals surface area contributed by atoms with Crippen LogP contribution in [0, 0.1) is 0 Å². The van der Waals surface area contributed by atoms with Crippen molar-refractivity contribution in [1.82, 2.24) is 14.7 Å². The fourth-order valence-electron chi connectivity index (χ4n) is 3.11. The zero-order valence-electron chi connectivity index (χ0n) is 16.2. The number of carbonyl (C=O) groups is 1. The number of para-hydroxylation sites is 2. The number of hydrogen-bond acceptors (Lipinski definition) is 4. The third-order valence-electron chi connectivity index (χ3n) is 4.52. The number of amides is 1. The summed E-state index contributed by atoms with van der Waals surface area (Å²) < 4.78 is 26.8. The molecule has 1 amide bonds. The van der Waals surface area contributed by atoms with Gasteiger partial charge in [0.1, 0.15) is 5.82 Å². The highest BCUT2D eigenvalue weighted by molar-refractivity contribution is 7.89. The smallest absolute Gasteiger partial charge is 0.255 e. The molecule has 1 aromatic heterocycles. The number of aromatic nitrogens is 2. The van der Waals surface area contributed by atoms with E-state index in [-0.39, 0.29) is 17.0 Å². The molecule has 0 radical (unpaired) electrons. The number of nitrogens with zero attached hydrogens (tertiary/aromatic N) is 1. The number of aromatic amines is 1. The van der Waals surface area contributed by atoms with Gasteiger partial charge in [-0.25, -0.2) is 18.1 Å². The van der Waals surface area contributed by atoms with Crippen LogP contribution in [0.5, 0.6) is 0 Å². The van der Waals surface area contributed by atoms with Gasteiger partial charge in [0, 0.05) is 23.4 Å². The van der Waals surface area contributed by atoms with Gasteiger partial charge in [0.05, 0.1) is 15.9 Å². The summed E-state index contributed by atoms with van der Waals surface area (Å²) in [6.07, 6.45) is 0. The first kappa shape index (κ1) is 19.8. The highest BCUT2D eigenvalue weighted by Crippen LogP contribution is 2.23. The van der Waals surface area contributed by atoms with E-state index in [2.05, 4.69) is 20.0 Å². The van der Waals surface area contributed by atoms with Crippen LogP contribution in [-0.4, -0.2) is 30.8 Å².